The lowest BCUT2D eigenvalue weighted by Gasteiger charge is -2.19. The summed E-state index contributed by atoms with van der Waals surface area (Å²) in [5.41, 5.74) is 1.30. The zero-order chi connectivity index (χ0) is 18.6. The summed E-state index contributed by atoms with van der Waals surface area (Å²) in [6.07, 6.45) is -0.804. The van der Waals surface area contributed by atoms with Crippen molar-refractivity contribution in [3.8, 4) is 5.75 Å². The van der Waals surface area contributed by atoms with E-state index >= 15 is 0 Å². The summed E-state index contributed by atoms with van der Waals surface area (Å²) >= 11 is 0. The van der Waals surface area contributed by atoms with Crippen LogP contribution in [0.2, 0.25) is 0 Å². The molecule has 0 aliphatic rings. The second-order valence-corrected chi connectivity index (χ2v) is 6.09. The molecule has 0 radical (unpaired) electrons. The molecule has 4 nitrogen and oxygen atoms in total. The molecule has 1 aromatic heterocycles. The van der Waals surface area contributed by atoms with Crippen LogP contribution in [0.3, 0.4) is 0 Å². The molecular weight excluding hydrogens is 340 g/mol. The summed E-state index contributed by atoms with van der Waals surface area (Å²) < 4.78 is 11.3. The minimum absolute atomic E-state index is 0.142. The molecule has 0 aliphatic carbocycles. The molecule has 1 atom stereocenters. The Kier molecular flexibility index (Phi) is 4.54. The molecule has 132 valence electrons. The van der Waals surface area contributed by atoms with Crippen molar-refractivity contribution in [3.63, 3.8) is 0 Å². The summed E-state index contributed by atoms with van der Waals surface area (Å²) in [7, 11) is 0. The number of Topliss-reactive ketones (excluding diaryl/α,β-unsaturated/α-hetero) is 1. The molecule has 0 saturated carbocycles. The molecule has 27 heavy (non-hydrogen) atoms. The minimum Gasteiger partial charge on any atom is -0.477 e. The quantitative estimate of drug-likeness (QED) is 0.381. The number of ketones is 1. The van der Waals surface area contributed by atoms with Gasteiger partial charge in [0.25, 0.3) is 0 Å². The first-order chi connectivity index (χ1) is 13.2. The fourth-order valence-electron chi connectivity index (χ4n) is 2.90. The molecule has 4 rings (SSSR count). The van der Waals surface area contributed by atoms with Crippen LogP contribution in [-0.2, 0) is 0 Å². The largest absolute Gasteiger partial charge is 0.477 e. The molecule has 4 aromatic rings. The zero-order valence-electron chi connectivity index (χ0n) is 14.4. The number of carbonyl (C=O) groups excluding carboxylic acids is 1. The van der Waals surface area contributed by atoms with Crippen LogP contribution in [0.1, 0.15) is 22.0 Å². The molecular formula is C23H16O4. The Bertz CT molecular complexity index is 1130. The second-order valence-electron chi connectivity index (χ2n) is 6.09. The lowest BCUT2D eigenvalue weighted by molar-refractivity contribution is 0.0792. The van der Waals surface area contributed by atoms with Crippen molar-refractivity contribution in [3.05, 3.63) is 113 Å². The van der Waals surface area contributed by atoms with Gasteiger partial charge in [-0.1, -0.05) is 60.7 Å². The Morgan fingerprint density at radius 3 is 2.22 bits per heavy atom. The molecule has 0 bridgehead atoms. The second kappa shape index (κ2) is 7.30. The van der Waals surface area contributed by atoms with Crippen molar-refractivity contribution < 1.29 is 13.9 Å². The summed E-state index contributed by atoms with van der Waals surface area (Å²) in [6, 6.07) is 26.6. The van der Waals surface area contributed by atoms with E-state index < -0.39 is 11.7 Å². The average molecular weight is 356 g/mol. The average Bonchev–Trinajstić information content (AvgIpc) is 2.72. The number of hydrogen-bond donors (Lipinski definition) is 0. The van der Waals surface area contributed by atoms with Crippen LogP contribution >= 0.6 is 0 Å². The molecule has 0 aliphatic heterocycles. The Morgan fingerprint density at radius 2 is 1.48 bits per heavy atom. The number of hydrogen-bond acceptors (Lipinski definition) is 4. The third kappa shape index (κ3) is 3.65. The first kappa shape index (κ1) is 16.8. The maximum absolute atomic E-state index is 13.1. The van der Waals surface area contributed by atoms with Gasteiger partial charge in [-0.2, -0.15) is 0 Å². The van der Waals surface area contributed by atoms with E-state index in [9.17, 15) is 9.59 Å². The molecule has 0 N–H and O–H groups in total. The summed E-state index contributed by atoms with van der Waals surface area (Å²) in [4.78, 5) is 24.5. The first-order valence-corrected chi connectivity index (χ1v) is 8.55. The smallest absolute Gasteiger partial charge is 0.336 e. The number of fused-ring (bicyclic) bond motifs is 1. The van der Waals surface area contributed by atoms with Crippen molar-refractivity contribution in [2.24, 2.45) is 0 Å². The van der Waals surface area contributed by atoms with Gasteiger partial charge < -0.3 is 9.15 Å². The van der Waals surface area contributed by atoms with Gasteiger partial charge in [-0.25, -0.2) is 4.79 Å². The van der Waals surface area contributed by atoms with Crippen LogP contribution in [0.4, 0.5) is 0 Å². The molecule has 0 amide bonds. The maximum Gasteiger partial charge on any atom is 0.336 e. The molecule has 4 heteroatoms. The van der Waals surface area contributed by atoms with Crippen LogP contribution in [0.5, 0.6) is 5.75 Å². The molecule has 0 fully saturated rings. The summed E-state index contributed by atoms with van der Waals surface area (Å²) in [6.45, 7) is 0. The SMILES string of the molecule is O=C(c1ccccc1)[C@H](Oc1ccc2ccc(=O)oc2c1)c1ccccc1. The number of ether oxygens (including phenoxy) is 1. The topological polar surface area (TPSA) is 56.5 Å². The molecule has 0 spiro atoms. The van der Waals surface area contributed by atoms with Gasteiger partial charge in [-0.15, -0.1) is 0 Å². The van der Waals surface area contributed by atoms with E-state index in [-0.39, 0.29) is 5.78 Å². The van der Waals surface area contributed by atoms with E-state index in [1.54, 1.807) is 36.4 Å². The van der Waals surface area contributed by atoms with Crippen molar-refractivity contribution in [2.75, 3.05) is 0 Å². The maximum atomic E-state index is 13.1. The standard InChI is InChI=1S/C23H16O4/c24-21-14-12-16-11-13-19(15-20(16)27-21)26-23(18-9-5-2-6-10-18)22(25)17-7-3-1-4-8-17/h1-15,23H/t23-/m1/s1. The Morgan fingerprint density at radius 1 is 0.815 bits per heavy atom. The van der Waals surface area contributed by atoms with Gasteiger partial charge >= 0.3 is 5.63 Å². The van der Waals surface area contributed by atoms with E-state index in [1.807, 2.05) is 48.5 Å². The highest BCUT2D eigenvalue weighted by Gasteiger charge is 2.24. The van der Waals surface area contributed by atoms with Crippen molar-refractivity contribution in [1.82, 2.24) is 0 Å². The van der Waals surface area contributed by atoms with Crippen LogP contribution in [0, 0.1) is 0 Å². The highest BCUT2D eigenvalue weighted by molar-refractivity contribution is 6.00. The fourth-order valence-corrected chi connectivity index (χ4v) is 2.90. The lowest BCUT2D eigenvalue weighted by Crippen LogP contribution is -2.19. The number of benzene rings is 3. The highest BCUT2D eigenvalue weighted by Crippen LogP contribution is 2.28. The zero-order valence-corrected chi connectivity index (χ0v) is 14.4. The number of carbonyl (C=O) groups is 1. The highest BCUT2D eigenvalue weighted by atomic mass is 16.5. The minimum atomic E-state index is -0.804. The third-order valence-electron chi connectivity index (χ3n) is 4.25. The Labute approximate surface area is 155 Å². The monoisotopic (exact) mass is 356 g/mol. The number of rotatable bonds is 5. The summed E-state index contributed by atoms with van der Waals surface area (Å²) in [5.74, 6) is 0.311. The van der Waals surface area contributed by atoms with Crippen molar-refractivity contribution in [2.45, 2.75) is 6.10 Å². The van der Waals surface area contributed by atoms with Gasteiger partial charge in [0, 0.05) is 28.6 Å². The van der Waals surface area contributed by atoms with Crippen molar-refractivity contribution in [1.29, 1.82) is 0 Å². The lowest BCUT2D eigenvalue weighted by atomic mass is 10.00. The van der Waals surface area contributed by atoms with Gasteiger partial charge in [0.15, 0.2) is 6.10 Å². The van der Waals surface area contributed by atoms with Crippen LogP contribution in [0.15, 0.2) is 100 Å². The van der Waals surface area contributed by atoms with E-state index in [4.69, 9.17) is 9.15 Å². The van der Waals surface area contributed by atoms with E-state index in [2.05, 4.69) is 0 Å². The molecule has 3 aromatic carbocycles. The Balaban J connectivity index is 1.73. The predicted molar refractivity (Wildman–Crippen MR) is 103 cm³/mol. The van der Waals surface area contributed by atoms with Gasteiger partial charge in [-0.05, 0) is 18.2 Å². The fraction of sp³-hybridized carbons (Fsp3) is 0.0435. The normalized spacial score (nSPS) is 11.9. The van der Waals surface area contributed by atoms with Gasteiger partial charge in [0.1, 0.15) is 11.3 Å². The van der Waals surface area contributed by atoms with Crippen LogP contribution in [-0.4, -0.2) is 5.78 Å². The molecule has 1 heterocycles. The van der Waals surface area contributed by atoms with Crippen molar-refractivity contribution >= 4 is 16.8 Å². The predicted octanol–water partition coefficient (Wildman–Crippen LogP) is 4.80. The first-order valence-electron chi connectivity index (χ1n) is 8.55. The molecule has 0 unspecified atom stereocenters. The van der Waals surface area contributed by atoms with Gasteiger partial charge in [-0.3, -0.25) is 4.79 Å². The van der Waals surface area contributed by atoms with E-state index in [0.29, 0.717) is 16.9 Å². The Hall–Kier alpha value is -3.66. The van der Waals surface area contributed by atoms with Crippen LogP contribution in [0.25, 0.3) is 11.0 Å². The summed E-state index contributed by atoms with van der Waals surface area (Å²) in [5, 5.41) is 0.785. The third-order valence-corrected chi connectivity index (χ3v) is 4.25. The molecule has 0 saturated heterocycles. The van der Waals surface area contributed by atoms with Gasteiger partial charge in [0.05, 0.1) is 0 Å². The van der Waals surface area contributed by atoms with Gasteiger partial charge in [0.2, 0.25) is 5.78 Å². The van der Waals surface area contributed by atoms with Crippen LogP contribution < -0.4 is 10.4 Å². The van der Waals surface area contributed by atoms with E-state index in [1.165, 1.54) is 6.07 Å². The van der Waals surface area contributed by atoms with E-state index in [0.717, 1.165) is 10.9 Å².